The van der Waals surface area contributed by atoms with Gasteiger partial charge in [-0.2, -0.15) is 0 Å². The Kier molecular flexibility index (Phi) is 5.27. The molecule has 5 nitrogen and oxygen atoms in total. The van der Waals surface area contributed by atoms with E-state index in [0.717, 1.165) is 4.47 Å². The van der Waals surface area contributed by atoms with Crippen molar-refractivity contribution < 1.29 is 19.1 Å². The molecule has 1 aromatic carbocycles. The molecule has 6 heteroatoms. The number of rotatable bonds is 5. The van der Waals surface area contributed by atoms with Gasteiger partial charge in [0.05, 0.1) is 7.11 Å². The van der Waals surface area contributed by atoms with Crippen LogP contribution in [0.4, 0.5) is 0 Å². The molecular weight excluding hydrogens is 350 g/mol. The summed E-state index contributed by atoms with van der Waals surface area (Å²) in [5.41, 5.74) is 0.599. The van der Waals surface area contributed by atoms with E-state index in [4.69, 9.17) is 9.47 Å². The molecule has 114 valence electrons. The second-order valence-electron chi connectivity index (χ2n) is 4.50. The first-order valence-corrected chi connectivity index (χ1v) is 7.31. The summed E-state index contributed by atoms with van der Waals surface area (Å²) in [5.74, 6) is -0.268. The predicted octanol–water partition coefficient (Wildman–Crippen LogP) is 3.28. The number of hydrogen-bond acceptors (Lipinski definition) is 5. The van der Waals surface area contributed by atoms with Crippen molar-refractivity contribution in [1.29, 1.82) is 0 Å². The van der Waals surface area contributed by atoms with E-state index < -0.39 is 12.1 Å². The zero-order valence-electron chi connectivity index (χ0n) is 12.1. The Hall–Kier alpha value is -2.21. The van der Waals surface area contributed by atoms with Crippen LogP contribution in [-0.2, 0) is 4.74 Å². The average Bonchev–Trinajstić information content (AvgIpc) is 2.54. The zero-order valence-corrected chi connectivity index (χ0v) is 13.7. The maximum absolute atomic E-state index is 12.2. The number of ether oxygens (including phenoxy) is 2. The Bertz CT molecular complexity index is 668. The van der Waals surface area contributed by atoms with Crippen LogP contribution in [0.3, 0.4) is 0 Å². The maximum atomic E-state index is 12.2. The molecule has 0 saturated carbocycles. The van der Waals surface area contributed by atoms with E-state index in [2.05, 4.69) is 20.9 Å². The highest BCUT2D eigenvalue weighted by Gasteiger charge is 2.21. The van der Waals surface area contributed by atoms with Crippen LogP contribution in [0.5, 0.6) is 5.75 Å². The van der Waals surface area contributed by atoms with E-state index in [0.29, 0.717) is 11.3 Å². The number of methoxy groups -OCH3 is 1. The fourth-order valence-electron chi connectivity index (χ4n) is 1.76. The summed E-state index contributed by atoms with van der Waals surface area (Å²) in [6.07, 6.45) is 0.596. The monoisotopic (exact) mass is 363 g/mol. The number of esters is 1. The first-order valence-electron chi connectivity index (χ1n) is 6.52. The fraction of sp³-hybridized carbons (Fsp3) is 0.188. The Balaban J connectivity index is 2.03. The molecule has 22 heavy (non-hydrogen) atoms. The number of Topliss-reactive ketones (excluding diaryl/α,β-unsaturated/α-hetero) is 1. The second kappa shape index (κ2) is 7.17. The number of pyridine rings is 1. The van der Waals surface area contributed by atoms with Crippen LogP contribution in [0.1, 0.15) is 27.8 Å². The number of hydrogen-bond donors (Lipinski definition) is 0. The van der Waals surface area contributed by atoms with E-state index in [1.54, 1.807) is 37.4 Å². The topological polar surface area (TPSA) is 65.5 Å². The van der Waals surface area contributed by atoms with Crippen molar-refractivity contribution in [3.63, 3.8) is 0 Å². The summed E-state index contributed by atoms with van der Waals surface area (Å²) in [6, 6.07) is 9.82. The Labute approximate surface area is 136 Å². The second-order valence-corrected chi connectivity index (χ2v) is 5.42. The molecule has 0 spiro atoms. The highest BCUT2D eigenvalue weighted by atomic mass is 79.9. The molecule has 1 aromatic heterocycles. The van der Waals surface area contributed by atoms with Gasteiger partial charge in [0.15, 0.2) is 6.10 Å². The highest BCUT2D eigenvalue weighted by molar-refractivity contribution is 9.10. The molecular formula is C16H14BrNO4. The molecule has 0 fully saturated rings. The smallest absolute Gasteiger partial charge is 0.357 e. The van der Waals surface area contributed by atoms with Crippen molar-refractivity contribution in [3.05, 3.63) is 58.3 Å². The van der Waals surface area contributed by atoms with Gasteiger partial charge >= 0.3 is 5.97 Å². The summed E-state index contributed by atoms with van der Waals surface area (Å²) in [4.78, 5) is 28.1. The van der Waals surface area contributed by atoms with Crippen LogP contribution >= 0.6 is 15.9 Å². The molecule has 0 bridgehead atoms. The Morgan fingerprint density at radius 2 is 1.82 bits per heavy atom. The predicted molar refractivity (Wildman–Crippen MR) is 84.1 cm³/mol. The standard InChI is InChI=1S/C16H14BrNO4/c1-10(15(19)11-3-6-13(21-2)7-4-11)22-16(20)14-8-5-12(17)9-18-14/h3-10H,1-2H3. The van der Waals surface area contributed by atoms with Crippen LogP contribution in [0.25, 0.3) is 0 Å². The minimum Gasteiger partial charge on any atom is -0.497 e. The molecule has 0 aliphatic heterocycles. The van der Waals surface area contributed by atoms with Crippen molar-refractivity contribution >= 4 is 27.7 Å². The normalized spacial score (nSPS) is 11.6. The summed E-state index contributed by atoms with van der Waals surface area (Å²) >= 11 is 3.23. The van der Waals surface area contributed by atoms with Gasteiger partial charge in [0.25, 0.3) is 0 Å². The number of benzene rings is 1. The van der Waals surface area contributed by atoms with Crippen molar-refractivity contribution in [2.24, 2.45) is 0 Å². The first kappa shape index (κ1) is 16.2. The minimum absolute atomic E-state index is 0.151. The summed E-state index contributed by atoms with van der Waals surface area (Å²) in [6.45, 7) is 1.53. The number of ketones is 1. The number of halogens is 1. The van der Waals surface area contributed by atoms with Gasteiger partial charge in [0.1, 0.15) is 11.4 Å². The van der Waals surface area contributed by atoms with Gasteiger partial charge < -0.3 is 9.47 Å². The van der Waals surface area contributed by atoms with Crippen molar-refractivity contribution in [2.75, 3.05) is 7.11 Å². The van der Waals surface area contributed by atoms with Gasteiger partial charge in [0.2, 0.25) is 5.78 Å². The third-order valence-corrected chi connectivity index (χ3v) is 3.43. The molecule has 2 rings (SSSR count). The van der Waals surface area contributed by atoms with E-state index in [-0.39, 0.29) is 11.5 Å². The van der Waals surface area contributed by atoms with Gasteiger partial charge in [-0.05, 0) is 59.3 Å². The number of carbonyl (C=O) groups excluding carboxylic acids is 2. The Morgan fingerprint density at radius 3 is 2.36 bits per heavy atom. The fourth-order valence-corrected chi connectivity index (χ4v) is 2.00. The molecule has 1 heterocycles. The number of nitrogens with zero attached hydrogens (tertiary/aromatic N) is 1. The van der Waals surface area contributed by atoms with Gasteiger partial charge in [-0.3, -0.25) is 4.79 Å². The maximum Gasteiger partial charge on any atom is 0.357 e. The molecule has 1 atom stereocenters. The third kappa shape index (κ3) is 3.92. The molecule has 0 radical (unpaired) electrons. The lowest BCUT2D eigenvalue weighted by atomic mass is 10.1. The number of aromatic nitrogens is 1. The minimum atomic E-state index is -0.897. The molecule has 0 aliphatic rings. The van der Waals surface area contributed by atoms with E-state index >= 15 is 0 Å². The average molecular weight is 364 g/mol. The lowest BCUT2D eigenvalue weighted by Gasteiger charge is -2.12. The Morgan fingerprint density at radius 1 is 1.14 bits per heavy atom. The third-order valence-electron chi connectivity index (χ3n) is 2.96. The van der Waals surface area contributed by atoms with Gasteiger partial charge in [0, 0.05) is 16.2 Å². The van der Waals surface area contributed by atoms with E-state index in [1.165, 1.54) is 19.2 Å². The first-order chi connectivity index (χ1) is 10.5. The largest absolute Gasteiger partial charge is 0.497 e. The quantitative estimate of drug-likeness (QED) is 0.602. The van der Waals surface area contributed by atoms with Crippen LogP contribution in [0, 0.1) is 0 Å². The van der Waals surface area contributed by atoms with Crippen molar-refractivity contribution in [2.45, 2.75) is 13.0 Å². The SMILES string of the molecule is COc1ccc(C(=O)C(C)OC(=O)c2ccc(Br)cn2)cc1. The lowest BCUT2D eigenvalue weighted by Crippen LogP contribution is -2.24. The molecule has 0 amide bonds. The lowest BCUT2D eigenvalue weighted by molar-refractivity contribution is 0.0313. The molecule has 0 aliphatic carbocycles. The van der Waals surface area contributed by atoms with Crippen molar-refractivity contribution in [3.8, 4) is 5.75 Å². The van der Waals surface area contributed by atoms with Gasteiger partial charge in [-0.1, -0.05) is 0 Å². The van der Waals surface area contributed by atoms with Crippen LogP contribution < -0.4 is 4.74 Å². The highest BCUT2D eigenvalue weighted by Crippen LogP contribution is 2.15. The van der Waals surface area contributed by atoms with Gasteiger partial charge in [-0.15, -0.1) is 0 Å². The van der Waals surface area contributed by atoms with Crippen LogP contribution in [-0.4, -0.2) is 30.0 Å². The van der Waals surface area contributed by atoms with E-state index in [9.17, 15) is 9.59 Å². The number of carbonyl (C=O) groups is 2. The van der Waals surface area contributed by atoms with Crippen molar-refractivity contribution in [1.82, 2.24) is 4.98 Å². The molecule has 1 unspecified atom stereocenters. The van der Waals surface area contributed by atoms with Crippen LogP contribution in [0.15, 0.2) is 47.1 Å². The van der Waals surface area contributed by atoms with E-state index in [1.807, 2.05) is 0 Å². The summed E-state index contributed by atoms with van der Waals surface area (Å²) in [5, 5.41) is 0. The van der Waals surface area contributed by atoms with Crippen LogP contribution in [0.2, 0.25) is 0 Å². The molecule has 2 aromatic rings. The molecule has 0 N–H and O–H groups in total. The summed E-state index contributed by atoms with van der Waals surface area (Å²) in [7, 11) is 1.55. The van der Waals surface area contributed by atoms with Gasteiger partial charge in [-0.25, -0.2) is 9.78 Å². The molecule has 0 saturated heterocycles. The summed E-state index contributed by atoms with van der Waals surface area (Å²) < 4.78 is 10.9. The zero-order chi connectivity index (χ0) is 16.1.